The summed E-state index contributed by atoms with van der Waals surface area (Å²) in [6.07, 6.45) is 2.32. The van der Waals surface area contributed by atoms with Gasteiger partial charge in [-0.25, -0.2) is 0 Å². The largest absolute Gasteiger partial charge is 0.486 e. The summed E-state index contributed by atoms with van der Waals surface area (Å²) in [5.41, 5.74) is 0.692. The number of benzene rings is 2. The molecular weight excluding hydrogens is 362 g/mol. The molecule has 1 fully saturated rings. The van der Waals surface area contributed by atoms with Gasteiger partial charge in [-0.15, -0.1) is 11.8 Å². The van der Waals surface area contributed by atoms with Crippen LogP contribution in [0.25, 0.3) is 0 Å². The Morgan fingerprint density at radius 2 is 1.89 bits per heavy atom. The fraction of sp³-hybridized carbons (Fsp3) is 0.381. The number of rotatable bonds is 6. The van der Waals surface area contributed by atoms with Crippen LogP contribution in [0.5, 0.6) is 11.5 Å². The fourth-order valence-electron chi connectivity index (χ4n) is 3.20. The molecule has 2 heterocycles. The third-order valence-electron chi connectivity index (χ3n) is 4.64. The number of ether oxygens (including phenoxy) is 3. The molecule has 0 unspecified atom stereocenters. The first kappa shape index (κ1) is 18.2. The zero-order valence-corrected chi connectivity index (χ0v) is 15.9. The molecule has 0 spiro atoms. The second-order valence-electron chi connectivity index (χ2n) is 6.65. The molecule has 2 aliphatic heterocycles. The normalized spacial score (nSPS) is 21.0. The molecule has 0 radical (unpaired) electrons. The maximum atomic E-state index is 12.7. The van der Waals surface area contributed by atoms with Gasteiger partial charge in [-0.3, -0.25) is 4.79 Å². The summed E-state index contributed by atoms with van der Waals surface area (Å²) in [7, 11) is 0. The first-order valence-electron chi connectivity index (χ1n) is 9.30. The first-order valence-corrected chi connectivity index (χ1v) is 10.3. The van der Waals surface area contributed by atoms with Crippen LogP contribution >= 0.6 is 11.8 Å². The van der Waals surface area contributed by atoms with Crippen LogP contribution in [-0.4, -0.2) is 43.6 Å². The number of hydrogen-bond acceptors (Lipinski definition) is 5. The monoisotopic (exact) mass is 385 g/mol. The molecule has 0 bridgehead atoms. The first-order chi connectivity index (χ1) is 13.3. The number of carbonyl (C=O) groups is 1. The Labute approximate surface area is 163 Å². The van der Waals surface area contributed by atoms with Crippen molar-refractivity contribution in [2.75, 3.05) is 25.5 Å². The third-order valence-corrected chi connectivity index (χ3v) is 5.84. The predicted octanol–water partition coefficient (Wildman–Crippen LogP) is 3.53. The Morgan fingerprint density at radius 1 is 1.07 bits per heavy atom. The van der Waals surface area contributed by atoms with E-state index in [1.54, 1.807) is 11.8 Å². The molecule has 1 amide bonds. The highest BCUT2D eigenvalue weighted by Crippen LogP contribution is 2.31. The topological polar surface area (TPSA) is 56.8 Å². The Kier molecular flexibility index (Phi) is 5.84. The van der Waals surface area contributed by atoms with Crippen molar-refractivity contribution in [3.05, 3.63) is 54.1 Å². The summed E-state index contributed by atoms with van der Waals surface area (Å²) in [5, 5.41) is 2.98. The molecule has 5 nitrogen and oxygen atoms in total. The number of amides is 1. The van der Waals surface area contributed by atoms with Crippen LogP contribution in [0.15, 0.2) is 53.4 Å². The summed E-state index contributed by atoms with van der Waals surface area (Å²) < 4.78 is 17.3. The van der Waals surface area contributed by atoms with Crippen molar-refractivity contribution in [3.8, 4) is 11.5 Å². The summed E-state index contributed by atoms with van der Waals surface area (Å²) >= 11 is 1.68. The van der Waals surface area contributed by atoms with Crippen LogP contribution in [0.3, 0.4) is 0 Å². The molecule has 2 aromatic rings. The van der Waals surface area contributed by atoms with E-state index in [9.17, 15) is 4.79 Å². The van der Waals surface area contributed by atoms with E-state index in [1.165, 1.54) is 0 Å². The van der Waals surface area contributed by atoms with Crippen LogP contribution < -0.4 is 14.8 Å². The molecule has 1 saturated heterocycles. The second kappa shape index (κ2) is 8.67. The van der Waals surface area contributed by atoms with Crippen LogP contribution in [0.1, 0.15) is 23.2 Å². The number of hydrogen-bond donors (Lipinski definition) is 1. The number of fused-ring (bicyclic) bond motifs is 1. The van der Waals surface area contributed by atoms with Crippen LogP contribution in [-0.2, 0) is 4.74 Å². The van der Waals surface area contributed by atoms with Gasteiger partial charge in [0.25, 0.3) is 5.91 Å². The van der Waals surface area contributed by atoms with E-state index < -0.39 is 0 Å². The number of carbonyl (C=O) groups excluding carboxylic acids is 1. The van der Waals surface area contributed by atoms with E-state index in [0.717, 1.165) is 41.6 Å². The van der Waals surface area contributed by atoms with Gasteiger partial charge in [-0.2, -0.15) is 0 Å². The maximum Gasteiger partial charge on any atom is 0.252 e. The van der Waals surface area contributed by atoms with Crippen molar-refractivity contribution >= 4 is 17.7 Å². The molecule has 2 aliphatic rings. The molecule has 27 heavy (non-hydrogen) atoms. The van der Waals surface area contributed by atoms with Gasteiger partial charge in [0, 0.05) is 17.3 Å². The van der Waals surface area contributed by atoms with Crippen molar-refractivity contribution < 1.29 is 19.0 Å². The number of para-hydroxylation sites is 2. The summed E-state index contributed by atoms with van der Waals surface area (Å²) in [5.74, 6) is 2.25. The molecule has 4 rings (SSSR count). The second-order valence-corrected chi connectivity index (χ2v) is 7.71. The van der Waals surface area contributed by atoms with Gasteiger partial charge in [-0.05, 0) is 37.1 Å². The zero-order valence-electron chi connectivity index (χ0n) is 15.1. The maximum absolute atomic E-state index is 12.7. The molecule has 2 atom stereocenters. The zero-order chi connectivity index (χ0) is 18.5. The minimum Gasteiger partial charge on any atom is -0.486 e. The van der Waals surface area contributed by atoms with E-state index in [2.05, 4.69) is 5.32 Å². The standard InChI is InChI=1S/C21H23NO4S/c23-21(22-12-16-13-25-18-8-2-3-9-19(18)26-16)17-7-1-4-10-20(17)27-14-15-6-5-11-24-15/h1-4,7-10,15-16H,5-6,11-14H2,(H,22,23)/t15-,16-/m0/s1. The smallest absolute Gasteiger partial charge is 0.252 e. The molecule has 142 valence electrons. The van der Waals surface area contributed by atoms with Crippen molar-refractivity contribution in [3.63, 3.8) is 0 Å². The molecular formula is C21H23NO4S. The lowest BCUT2D eigenvalue weighted by Gasteiger charge is -2.26. The summed E-state index contributed by atoms with van der Waals surface area (Å²) in [4.78, 5) is 13.7. The lowest BCUT2D eigenvalue weighted by atomic mass is 10.2. The Bertz CT molecular complexity index is 791. The Morgan fingerprint density at radius 3 is 2.74 bits per heavy atom. The SMILES string of the molecule is O=C(NC[C@H]1COc2ccccc2O1)c1ccccc1SC[C@@H]1CCCO1. The van der Waals surface area contributed by atoms with E-state index >= 15 is 0 Å². The molecule has 0 aromatic heterocycles. The van der Waals surface area contributed by atoms with Gasteiger partial charge in [0.05, 0.1) is 18.2 Å². The average molecular weight is 385 g/mol. The molecule has 1 N–H and O–H groups in total. The molecule has 2 aromatic carbocycles. The minimum absolute atomic E-state index is 0.0899. The van der Waals surface area contributed by atoms with Crippen molar-refractivity contribution in [1.82, 2.24) is 5.32 Å². The lowest BCUT2D eigenvalue weighted by Crippen LogP contribution is -2.40. The molecule has 0 saturated carbocycles. The molecule has 6 heteroatoms. The fourth-order valence-corrected chi connectivity index (χ4v) is 4.32. The van der Waals surface area contributed by atoms with E-state index in [0.29, 0.717) is 24.8 Å². The Balaban J connectivity index is 1.33. The van der Waals surface area contributed by atoms with E-state index in [4.69, 9.17) is 14.2 Å². The number of nitrogens with one attached hydrogen (secondary N) is 1. The highest BCUT2D eigenvalue weighted by atomic mass is 32.2. The minimum atomic E-state index is -0.199. The summed E-state index contributed by atoms with van der Waals surface area (Å²) in [6, 6.07) is 15.3. The Hall–Kier alpha value is -2.18. The highest BCUT2D eigenvalue weighted by molar-refractivity contribution is 7.99. The average Bonchev–Trinajstić information content (AvgIpc) is 3.24. The van der Waals surface area contributed by atoms with Gasteiger partial charge in [0.2, 0.25) is 0 Å². The van der Waals surface area contributed by atoms with Gasteiger partial charge in [0.15, 0.2) is 11.5 Å². The third kappa shape index (κ3) is 4.57. The number of thioether (sulfide) groups is 1. The van der Waals surface area contributed by atoms with Gasteiger partial charge < -0.3 is 19.5 Å². The van der Waals surface area contributed by atoms with Crippen molar-refractivity contribution in [2.45, 2.75) is 29.9 Å². The van der Waals surface area contributed by atoms with Crippen LogP contribution in [0, 0.1) is 0 Å². The van der Waals surface area contributed by atoms with Crippen molar-refractivity contribution in [1.29, 1.82) is 0 Å². The summed E-state index contributed by atoms with van der Waals surface area (Å²) in [6.45, 7) is 1.67. The van der Waals surface area contributed by atoms with E-state index in [1.807, 2.05) is 48.5 Å². The van der Waals surface area contributed by atoms with Gasteiger partial charge in [-0.1, -0.05) is 24.3 Å². The van der Waals surface area contributed by atoms with Gasteiger partial charge in [0.1, 0.15) is 12.7 Å². The van der Waals surface area contributed by atoms with Crippen molar-refractivity contribution in [2.24, 2.45) is 0 Å². The quantitative estimate of drug-likeness (QED) is 0.771. The van der Waals surface area contributed by atoms with Gasteiger partial charge >= 0.3 is 0 Å². The van der Waals surface area contributed by atoms with Crippen LogP contribution in [0.2, 0.25) is 0 Å². The lowest BCUT2D eigenvalue weighted by molar-refractivity contribution is 0.0787. The van der Waals surface area contributed by atoms with Crippen LogP contribution in [0.4, 0.5) is 0 Å². The highest BCUT2D eigenvalue weighted by Gasteiger charge is 2.22. The molecule has 0 aliphatic carbocycles. The predicted molar refractivity (Wildman–Crippen MR) is 105 cm³/mol. The van der Waals surface area contributed by atoms with E-state index in [-0.39, 0.29) is 12.0 Å².